The Hall–Kier alpha value is -1.81. The minimum atomic E-state index is -0.115. The number of nitrogen functional groups attached to an aromatic ring is 1. The molecule has 0 aliphatic heterocycles. The molecule has 0 saturated carbocycles. The van der Waals surface area contributed by atoms with Gasteiger partial charge in [-0.2, -0.15) is 0 Å². The van der Waals surface area contributed by atoms with Crippen LogP contribution in [-0.4, -0.2) is 5.91 Å². The molecule has 0 fully saturated rings. The first-order chi connectivity index (χ1) is 9.99. The summed E-state index contributed by atoms with van der Waals surface area (Å²) in [5, 5.41) is 3.06. The van der Waals surface area contributed by atoms with Gasteiger partial charge in [0, 0.05) is 15.7 Å². The third-order valence-corrected chi connectivity index (χ3v) is 3.83. The van der Waals surface area contributed by atoms with Crippen LogP contribution in [0.25, 0.3) is 0 Å². The quantitative estimate of drug-likeness (QED) is 0.814. The molecule has 2 aromatic rings. The van der Waals surface area contributed by atoms with E-state index in [9.17, 15) is 4.79 Å². The summed E-state index contributed by atoms with van der Waals surface area (Å²) in [6.07, 6.45) is 0.832. The maximum atomic E-state index is 12.4. The van der Waals surface area contributed by atoms with E-state index >= 15 is 0 Å². The molecule has 0 radical (unpaired) electrons. The smallest absolute Gasteiger partial charge is 0.251 e. The van der Waals surface area contributed by atoms with Crippen LogP contribution in [0, 0.1) is 6.92 Å². The number of aryl methyl sites for hydroxylation is 1. The second-order valence-electron chi connectivity index (χ2n) is 5.12. The van der Waals surface area contributed by atoms with Gasteiger partial charge in [0.2, 0.25) is 0 Å². The number of amides is 1. The fourth-order valence-corrected chi connectivity index (χ4v) is 2.72. The van der Waals surface area contributed by atoms with Crippen LogP contribution < -0.4 is 11.1 Å². The average molecular weight is 347 g/mol. The Balaban J connectivity index is 2.18. The maximum Gasteiger partial charge on any atom is 0.251 e. The first-order valence-corrected chi connectivity index (χ1v) is 7.72. The van der Waals surface area contributed by atoms with Crippen molar-refractivity contribution in [3.8, 4) is 0 Å². The number of nitrogens with two attached hydrogens (primary N) is 1. The van der Waals surface area contributed by atoms with Crippen molar-refractivity contribution in [1.29, 1.82) is 0 Å². The lowest BCUT2D eigenvalue weighted by Crippen LogP contribution is -2.28. The van der Waals surface area contributed by atoms with Gasteiger partial charge in [-0.3, -0.25) is 4.79 Å². The third kappa shape index (κ3) is 4.08. The lowest BCUT2D eigenvalue weighted by molar-refractivity contribution is 0.0935. The second kappa shape index (κ2) is 6.76. The first kappa shape index (κ1) is 15.6. The highest BCUT2D eigenvalue weighted by atomic mass is 79.9. The van der Waals surface area contributed by atoms with E-state index < -0.39 is 0 Å². The molecular weight excluding hydrogens is 328 g/mol. The van der Waals surface area contributed by atoms with Crippen molar-refractivity contribution < 1.29 is 4.79 Å². The van der Waals surface area contributed by atoms with E-state index in [1.807, 2.05) is 6.92 Å². The summed E-state index contributed by atoms with van der Waals surface area (Å²) in [6, 6.07) is 13.4. The number of anilines is 1. The average Bonchev–Trinajstić information content (AvgIpc) is 2.44. The molecule has 1 amide bonds. The minimum Gasteiger partial charge on any atom is -0.399 e. The van der Waals surface area contributed by atoms with Crippen LogP contribution in [0.2, 0.25) is 0 Å². The fraction of sp³-hybridized carbons (Fsp3) is 0.235. The van der Waals surface area contributed by atoms with Crippen LogP contribution in [0.1, 0.15) is 40.9 Å². The van der Waals surface area contributed by atoms with Gasteiger partial charge in [0.05, 0.1) is 6.04 Å². The number of rotatable bonds is 4. The van der Waals surface area contributed by atoms with E-state index in [1.165, 1.54) is 5.56 Å². The molecule has 2 aromatic carbocycles. The van der Waals surface area contributed by atoms with E-state index in [1.54, 1.807) is 18.2 Å². The molecule has 3 nitrogen and oxygen atoms in total. The standard InChI is InChI=1S/C17H19BrN2O/c1-3-16(12-6-4-11(2)5-7-12)20-17(21)13-8-14(18)10-15(19)9-13/h4-10,16H,3,19H2,1-2H3,(H,20,21). The van der Waals surface area contributed by atoms with Gasteiger partial charge in [-0.05, 0) is 37.1 Å². The van der Waals surface area contributed by atoms with Crippen LogP contribution in [-0.2, 0) is 0 Å². The van der Waals surface area contributed by atoms with Crippen molar-refractivity contribution in [3.05, 3.63) is 63.6 Å². The number of benzene rings is 2. The lowest BCUT2D eigenvalue weighted by atomic mass is 10.0. The summed E-state index contributed by atoms with van der Waals surface area (Å²) in [5.74, 6) is -0.115. The monoisotopic (exact) mass is 346 g/mol. The Morgan fingerprint density at radius 3 is 2.48 bits per heavy atom. The van der Waals surface area contributed by atoms with Crippen molar-refractivity contribution in [2.45, 2.75) is 26.3 Å². The summed E-state index contributed by atoms with van der Waals surface area (Å²) < 4.78 is 0.802. The molecular formula is C17H19BrN2O. The van der Waals surface area contributed by atoms with Crippen LogP contribution in [0.5, 0.6) is 0 Å². The van der Waals surface area contributed by atoms with Crippen molar-refractivity contribution >= 4 is 27.5 Å². The van der Waals surface area contributed by atoms with Gasteiger partial charge < -0.3 is 11.1 Å². The van der Waals surface area contributed by atoms with Crippen molar-refractivity contribution in [2.75, 3.05) is 5.73 Å². The zero-order chi connectivity index (χ0) is 15.4. The molecule has 0 aliphatic rings. The van der Waals surface area contributed by atoms with Gasteiger partial charge in [0.25, 0.3) is 5.91 Å². The molecule has 1 unspecified atom stereocenters. The molecule has 1 atom stereocenters. The van der Waals surface area contributed by atoms with E-state index in [-0.39, 0.29) is 11.9 Å². The van der Waals surface area contributed by atoms with Crippen LogP contribution in [0.15, 0.2) is 46.9 Å². The van der Waals surface area contributed by atoms with E-state index in [0.29, 0.717) is 11.3 Å². The molecule has 0 heterocycles. The molecule has 0 saturated heterocycles. The number of halogens is 1. The normalized spacial score (nSPS) is 12.0. The van der Waals surface area contributed by atoms with E-state index in [0.717, 1.165) is 16.5 Å². The summed E-state index contributed by atoms with van der Waals surface area (Å²) >= 11 is 3.36. The summed E-state index contributed by atoms with van der Waals surface area (Å²) in [6.45, 7) is 4.10. The topological polar surface area (TPSA) is 55.1 Å². The largest absolute Gasteiger partial charge is 0.399 e. The molecule has 110 valence electrons. The highest BCUT2D eigenvalue weighted by Gasteiger charge is 2.14. The Morgan fingerprint density at radius 2 is 1.90 bits per heavy atom. The summed E-state index contributed by atoms with van der Waals surface area (Å²) in [5.41, 5.74) is 9.23. The summed E-state index contributed by atoms with van der Waals surface area (Å²) in [7, 11) is 0. The molecule has 21 heavy (non-hydrogen) atoms. The van der Waals surface area contributed by atoms with Crippen LogP contribution in [0.4, 0.5) is 5.69 Å². The lowest BCUT2D eigenvalue weighted by Gasteiger charge is -2.18. The van der Waals surface area contributed by atoms with E-state index in [4.69, 9.17) is 5.73 Å². The zero-order valence-corrected chi connectivity index (χ0v) is 13.8. The Kier molecular flexibility index (Phi) is 5.02. The fourth-order valence-electron chi connectivity index (χ4n) is 2.20. The van der Waals surface area contributed by atoms with Gasteiger partial charge in [0.15, 0.2) is 0 Å². The van der Waals surface area contributed by atoms with Gasteiger partial charge >= 0.3 is 0 Å². The van der Waals surface area contributed by atoms with Gasteiger partial charge in [0.1, 0.15) is 0 Å². The van der Waals surface area contributed by atoms with Crippen LogP contribution >= 0.6 is 15.9 Å². The number of carbonyl (C=O) groups excluding carboxylic acids is 1. The second-order valence-corrected chi connectivity index (χ2v) is 6.03. The van der Waals surface area contributed by atoms with Crippen molar-refractivity contribution in [2.24, 2.45) is 0 Å². The highest BCUT2D eigenvalue weighted by molar-refractivity contribution is 9.10. The highest BCUT2D eigenvalue weighted by Crippen LogP contribution is 2.20. The number of hydrogen-bond acceptors (Lipinski definition) is 2. The molecule has 4 heteroatoms. The minimum absolute atomic E-state index is 0.00157. The maximum absolute atomic E-state index is 12.4. The molecule has 0 aliphatic carbocycles. The van der Waals surface area contributed by atoms with Crippen LogP contribution in [0.3, 0.4) is 0 Å². The Labute approximate surface area is 133 Å². The van der Waals surface area contributed by atoms with Gasteiger partial charge in [-0.25, -0.2) is 0 Å². The SMILES string of the molecule is CCC(NC(=O)c1cc(N)cc(Br)c1)c1ccc(C)cc1. The molecule has 0 spiro atoms. The third-order valence-electron chi connectivity index (χ3n) is 3.38. The molecule has 0 aromatic heterocycles. The number of hydrogen-bond donors (Lipinski definition) is 2. The summed E-state index contributed by atoms with van der Waals surface area (Å²) in [4.78, 5) is 12.4. The first-order valence-electron chi connectivity index (χ1n) is 6.93. The molecule has 2 rings (SSSR count). The number of nitrogens with one attached hydrogen (secondary N) is 1. The van der Waals surface area contributed by atoms with Gasteiger partial charge in [-0.1, -0.05) is 52.7 Å². The number of carbonyl (C=O) groups is 1. The van der Waals surface area contributed by atoms with Crippen molar-refractivity contribution in [1.82, 2.24) is 5.32 Å². The Bertz CT molecular complexity index is 617. The molecule has 0 bridgehead atoms. The Morgan fingerprint density at radius 1 is 1.24 bits per heavy atom. The predicted molar refractivity (Wildman–Crippen MR) is 90.2 cm³/mol. The molecule has 3 N–H and O–H groups in total. The van der Waals surface area contributed by atoms with Gasteiger partial charge in [-0.15, -0.1) is 0 Å². The predicted octanol–water partition coefficient (Wildman–Crippen LogP) is 4.22. The van der Waals surface area contributed by atoms with Crippen molar-refractivity contribution in [3.63, 3.8) is 0 Å². The van der Waals surface area contributed by atoms with E-state index in [2.05, 4.69) is 52.4 Å². The zero-order valence-electron chi connectivity index (χ0n) is 12.2.